The predicted octanol–water partition coefficient (Wildman–Crippen LogP) is 5.18. The number of anilines is 1. The van der Waals surface area contributed by atoms with E-state index >= 15 is 0 Å². The minimum Gasteiger partial charge on any atom is -0.383 e. The number of nitrogens with one attached hydrogen (secondary N) is 2. The van der Waals surface area contributed by atoms with Gasteiger partial charge < -0.3 is 15.2 Å². The van der Waals surface area contributed by atoms with Crippen molar-refractivity contribution in [2.24, 2.45) is 5.92 Å². The van der Waals surface area contributed by atoms with Crippen LogP contribution in [0.25, 0.3) is 21.6 Å². The Kier molecular flexibility index (Phi) is 5.51. The standard InChI is InChI=1S/C24H27N5S/c1-29(12-10-19-6-2-3-11-25-19)16-20-15-27-24(30-20)22-13-18-5-4-7-21(23(18)28-22)26-14-17-8-9-17/h2-7,11,13,15,17,26,28H,8-10,12,14,16H2,1H3. The Morgan fingerprint density at radius 2 is 2.10 bits per heavy atom. The fraction of sp³-hybridized carbons (Fsp3) is 0.333. The summed E-state index contributed by atoms with van der Waals surface area (Å²) in [5, 5.41) is 5.89. The molecule has 0 bridgehead atoms. The van der Waals surface area contributed by atoms with Gasteiger partial charge in [0.15, 0.2) is 0 Å². The Balaban J connectivity index is 1.25. The van der Waals surface area contributed by atoms with Crippen LogP contribution in [0.5, 0.6) is 0 Å². The number of hydrogen-bond acceptors (Lipinski definition) is 5. The van der Waals surface area contributed by atoms with Gasteiger partial charge in [-0.25, -0.2) is 4.98 Å². The minimum absolute atomic E-state index is 0.853. The normalized spacial score (nSPS) is 13.9. The van der Waals surface area contributed by atoms with E-state index in [0.29, 0.717) is 0 Å². The van der Waals surface area contributed by atoms with Gasteiger partial charge in [0.25, 0.3) is 0 Å². The average molecular weight is 418 g/mol. The third-order valence-corrected chi connectivity index (χ3v) is 6.64. The third kappa shape index (κ3) is 4.55. The van der Waals surface area contributed by atoms with E-state index in [9.17, 15) is 0 Å². The van der Waals surface area contributed by atoms with Gasteiger partial charge in [-0.1, -0.05) is 18.2 Å². The van der Waals surface area contributed by atoms with Crippen molar-refractivity contribution < 1.29 is 0 Å². The predicted molar refractivity (Wildman–Crippen MR) is 125 cm³/mol. The molecular weight excluding hydrogens is 390 g/mol. The third-order valence-electron chi connectivity index (χ3n) is 5.62. The number of nitrogens with zero attached hydrogens (tertiary/aromatic N) is 3. The molecule has 1 fully saturated rings. The van der Waals surface area contributed by atoms with E-state index in [-0.39, 0.29) is 0 Å². The zero-order chi connectivity index (χ0) is 20.3. The maximum absolute atomic E-state index is 4.69. The molecule has 5 rings (SSSR count). The van der Waals surface area contributed by atoms with Crippen molar-refractivity contribution in [3.63, 3.8) is 0 Å². The number of H-pyrrole nitrogens is 1. The van der Waals surface area contributed by atoms with Crippen LogP contribution in [-0.4, -0.2) is 40.0 Å². The Labute approximate surface area is 181 Å². The largest absolute Gasteiger partial charge is 0.383 e. The number of rotatable bonds is 9. The molecule has 6 heteroatoms. The van der Waals surface area contributed by atoms with Crippen LogP contribution >= 0.6 is 11.3 Å². The summed E-state index contributed by atoms with van der Waals surface area (Å²) in [6.07, 6.45) is 7.54. The maximum atomic E-state index is 4.69. The van der Waals surface area contributed by atoms with Gasteiger partial charge in [0.05, 0.1) is 16.9 Å². The molecule has 1 aromatic carbocycles. The summed E-state index contributed by atoms with van der Waals surface area (Å²) in [6.45, 7) is 2.95. The lowest BCUT2D eigenvalue weighted by Gasteiger charge is -2.14. The zero-order valence-corrected chi connectivity index (χ0v) is 18.1. The van der Waals surface area contributed by atoms with E-state index in [1.807, 2.05) is 24.5 Å². The number of thiazole rings is 1. The molecular formula is C24H27N5S. The second-order valence-electron chi connectivity index (χ2n) is 8.22. The van der Waals surface area contributed by atoms with Crippen LogP contribution in [0.3, 0.4) is 0 Å². The Morgan fingerprint density at radius 1 is 1.17 bits per heavy atom. The topological polar surface area (TPSA) is 56.8 Å². The number of fused-ring (bicyclic) bond motifs is 1. The monoisotopic (exact) mass is 417 g/mol. The molecule has 2 N–H and O–H groups in total. The SMILES string of the molecule is CN(CCc1ccccn1)Cc1cnc(-c2cc3cccc(NCC4CC4)c3[nH]2)s1. The van der Waals surface area contributed by atoms with Crippen molar-refractivity contribution in [1.29, 1.82) is 0 Å². The lowest BCUT2D eigenvalue weighted by molar-refractivity contribution is 0.332. The molecule has 1 aliphatic carbocycles. The van der Waals surface area contributed by atoms with Crippen molar-refractivity contribution in [3.05, 3.63) is 65.4 Å². The molecule has 0 radical (unpaired) electrons. The van der Waals surface area contributed by atoms with Crippen LogP contribution in [0.1, 0.15) is 23.4 Å². The van der Waals surface area contributed by atoms with Crippen molar-refractivity contribution in [1.82, 2.24) is 19.9 Å². The molecule has 0 aliphatic heterocycles. The number of aromatic amines is 1. The highest BCUT2D eigenvalue weighted by Gasteiger charge is 2.21. The number of aromatic nitrogens is 3. The number of benzene rings is 1. The smallest absolute Gasteiger partial charge is 0.139 e. The van der Waals surface area contributed by atoms with Gasteiger partial charge in [0.1, 0.15) is 5.01 Å². The summed E-state index contributed by atoms with van der Waals surface area (Å²) < 4.78 is 0. The first-order valence-electron chi connectivity index (χ1n) is 10.6. The summed E-state index contributed by atoms with van der Waals surface area (Å²) in [4.78, 5) is 16.3. The molecule has 0 saturated heterocycles. The van der Waals surface area contributed by atoms with Gasteiger partial charge in [-0.05, 0) is 50.1 Å². The highest BCUT2D eigenvalue weighted by Crippen LogP contribution is 2.33. The number of pyridine rings is 1. The van der Waals surface area contributed by atoms with E-state index in [2.05, 4.69) is 57.6 Å². The molecule has 1 aliphatic rings. The van der Waals surface area contributed by atoms with Gasteiger partial charge in [-0.15, -0.1) is 11.3 Å². The van der Waals surface area contributed by atoms with E-state index in [0.717, 1.165) is 48.4 Å². The summed E-state index contributed by atoms with van der Waals surface area (Å²) in [5.74, 6) is 0.853. The number of likely N-dealkylation sites (N-methyl/N-ethyl adjacent to an activating group) is 1. The Hall–Kier alpha value is -2.70. The van der Waals surface area contributed by atoms with E-state index in [4.69, 9.17) is 4.98 Å². The molecule has 0 unspecified atom stereocenters. The van der Waals surface area contributed by atoms with Crippen molar-refractivity contribution in [2.75, 3.05) is 25.5 Å². The summed E-state index contributed by atoms with van der Waals surface area (Å²) >= 11 is 1.77. The van der Waals surface area contributed by atoms with Crippen molar-refractivity contribution in [3.8, 4) is 10.7 Å². The van der Waals surface area contributed by atoms with Crippen molar-refractivity contribution >= 4 is 27.9 Å². The molecule has 4 aromatic rings. The average Bonchev–Trinajstić information content (AvgIpc) is 3.30. The minimum atomic E-state index is 0.853. The summed E-state index contributed by atoms with van der Waals surface area (Å²) in [5.41, 5.74) is 4.60. The molecule has 0 atom stereocenters. The van der Waals surface area contributed by atoms with Gasteiger partial charge in [0.2, 0.25) is 0 Å². The first-order chi connectivity index (χ1) is 14.7. The first-order valence-corrected chi connectivity index (χ1v) is 11.5. The first kappa shape index (κ1) is 19.3. The summed E-state index contributed by atoms with van der Waals surface area (Å²) in [6, 6.07) is 14.8. The van der Waals surface area contributed by atoms with Crippen LogP contribution in [0.2, 0.25) is 0 Å². The molecule has 0 spiro atoms. The van der Waals surface area contributed by atoms with Crippen LogP contribution in [0.15, 0.2) is 54.9 Å². The molecule has 154 valence electrons. The number of hydrogen-bond donors (Lipinski definition) is 2. The summed E-state index contributed by atoms with van der Waals surface area (Å²) in [7, 11) is 2.16. The van der Waals surface area contributed by atoms with Gasteiger partial charge in [-0.2, -0.15) is 0 Å². The van der Waals surface area contributed by atoms with Crippen LogP contribution < -0.4 is 5.32 Å². The van der Waals surface area contributed by atoms with Crippen LogP contribution in [0, 0.1) is 5.92 Å². The van der Waals surface area contributed by atoms with Crippen LogP contribution in [-0.2, 0) is 13.0 Å². The highest BCUT2D eigenvalue weighted by atomic mass is 32.1. The van der Waals surface area contributed by atoms with E-state index in [1.165, 1.54) is 34.3 Å². The second-order valence-corrected chi connectivity index (χ2v) is 9.33. The Morgan fingerprint density at radius 3 is 2.93 bits per heavy atom. The van der Waals surface area contributed by atoms with Gasteiger partial charge >= 0.3 is 0 Å². The molecule has 30 heavy (non-hydrogen) atoms. The van der Waals surface area contributed by atoms with Gasteiger partial charge in [0, 0.05) is 54.4 Å². The second kappa shape index (κ2) is 8.58. The zero-order valence-electron chi connectivity index (χ0n) is 17.3. The number of para-hydroxylation sites is 1. The molecule has 1 saturated carbocycles. The maximum Gasteiger partial charge on any atom is 0.139 e. The fourth-order valence-electron chi connectivity index (χ4n) is 3.70. The quantitative estimate of drug-likeness (QED) is 0.394. The van der Waals surface area contributed by atoms with Crippen molar-refractivity contribution in [2.45, 2.75) is 25.8 Å². The Bertz CT molecular complexity index is 1110. The molecule has 0 amide bonds. The van der Waals surface area contributed by atoms with Gasteiger partial charge in [-0.3, -0.25) is 4.98 Å². The van der Waals surface area contributed by atoms with E-state index in [1.54, 1.807) is 11.3 Å². The molecule has 3 aromatic heterocycles. The lowest BCUT2D eigenvalue weighted by atomic mass is 10.2. The van der Waals surface area contributed by atoms with E-state index < -0.39 is 0 Å². The fourth-order valence-corrected chi connectivity index (χ4v) is 4.66. The highest BCUT2D eigenvalue weighted by molar-refractivity contribution is 7.15. The van der Waals surface area contributed by atoms with Crippen LogP contribution in [0.4, 0.5) is 5.69 Å². The molecule has 5 nitrogen and oxygen atoms in total. The molecule has 3 heterocycles. The lowest BCUT2D eigenvalue weighted by Crippen LogP contribution is -2.20.